The van der Waals surface area contributed by atoms with Gasteiger partial charge in [0.05, 0.1) is 21.7 Å². The Morgan fingerprint density at radius 3 is 1.52 bits per heavy atom. The number of phenols is 1. The van der Waals surface area contributed by atoms with E-state index in [9.17, 15) is 49.8 Å². The van der Waals surface area contributed by atoms with E-state index in [1.165, 1.54) is 14.0 Å². The highest BCUT2D eigenvalue weighted by atomic mass is 35.5. The van der Waals surface area contributed by atoms with Crippen LogP contribution in [0.25, 0.3) is 22.3 Å². The number of nitrogens with zero attached hydrogens (tertiary/aromatic N) is 4. The lowest BCUT2D eigenvalue weighted by Gasteiger charge is -2.17. The predicted octanol–water partition coefficient (Wildman–Crippen LogP) is 9.39. The highest BCUT2D eigenvalue weighted by Crippen LogP contribution is 2.41. The van der Waals surface area contributed by atoms with E-state index in [2.05, 4.69) is 0 Å². The van der Waals surface area contributed by atoms with Gasteiger partial charge in [-0.05, 0) is 49.9 Å². The zero-order valence-electron chi connectivity index (χ0n) is 26.2. The summed E-state index contributed by atoms with van der Waals surface area (Å²) in [5.74, 6) is -8.30. The first-order valence-electron chi connectivity index (χ1n) is 15.4. The number of hydrogen-bond donors (Lipinski definition) is 1. The predicted molar refractivity (Wildman–Crippen MR) is 175 cm³/mol. The number of fused-ring (bicyclic) bond motifs is 2. The van der Waals surface area contributed by atoms with E-state index in [1.54, 1.807) is 4.68 Å². The molecule has 5 aromatic rings. The summed E-state index contributed by atoms with van der Waals surface area (Å²) in [6.07, 6.45) is -1.68. The minimum atomic E-state index is -4.87. The molecule has 0 saturated heterocycles. The Balaban J connectivity index is 0.000000198. The van der Waals surface area contributed by atoms with Crippen molar-refractivity contribution in [1.82, 2.24) is 18.7 Å². The van der Waals surface area contributed by atoms with Gasteiger partial charge in [0.15, 0.2) is 34.7 Å². The SMILES string of the molecule is O=c1c(-c2cc(O)c(F)cc2F)c(Cl)n2n1CCCC2.O=c1c(-c2cc(Oc3c(F)cc(C(F)(F)F)cc3Cl)c(F)cc2F)c(Cl)n2n1CCCC2. The lowest BCUT2D eigenvalue weighted by molar-refractivity contribution is -0.137. The molecular formula is C33H23Cl3F8N4O4. The number of phenolic OH excluding ortho intramolecular Hbond substituents is 1. The maximum atomic E-state index is 14.6. The van der Waals surface area contributed by atoms with Gasteiger partial charge in [0, 0.05) is 49.4 Å². The molecule has 8 nitrogen and oxygen atoms in total. The van der Waals surface area contributed by atoms with Gasteiger partial charge in [0.1, 0.15) is 21.9 Å². The van der Waals surface area contributed by atoms with Crippen LogP contribution < -0.4 is 15.9 Å². The fourth-order valence-corrected chi connectivity index (χ4v) is 6.93. The van der Waals surface area contributed by atoms with Crippen LogP contribution in [0.1, 0.15) is 31.2 Å². The molecule has 0 aliphatic carbocycles. The van der Waals surface area contributed by atoms with Crippen molar-refractivity contribution in [2.24, 2.45) is 0 Å². The topological polar surface area (TPSA) is 83.3 Å². The quantitative estimate of drug-likeness (QED) is 0.184. The Morgan fingerprint density at radius 1 is 0.596 bits per heavy atom. The third-order valence-electron chi connectivity index (χ3n) is 8.46. The van der Waals surface area contributed by atoms with Crippen LogP contribution in [0, 0.1) is 29.1 Å². The van der Waals surface area contributed by atoms with Crippen LogP contribution in [-0.2, 0) is 32.4 Å². The van der Waals surface area contributed by atoms with E-state index in [0.717, 1.165) is 31.4 Å². The van der Waals surface area contributed by atoms with Gasteiger partial charge in [-0.3, -0.25) is 19.0 Å². The van der Waals surface area contributed by atoms with Crippen molar-refractivity contribution < 1.29 is 45.0 Å². The molecule has 7 rings (SSSR count). The van der Waals surface area contributed by atoms with Crippen LogP contribution in [0.15, 0.2) is 46.0 Å². The van der Waals surface area contributed by atoms with Crippen molar-refractivity contribution >= 4 is 34.8 Å². The van der Waals surface area contributed by atoms with Crippen molar-refractivity contribution in [2.45, 2.75) is 58.0 Å². The number of benzene rings is 3. The second-order valence-electron chi connectivity index (χ2n) is 11.8. The third kappa shape index (κ3) is 6.78. The van der Waals surface area contributed by atoms with Crippen LogP contribution in [-0.4, -0.2) is 23.8 Å². The van der Waals surface area contributed by atoms with Crippen LogP contribution in [0.4, 0.5) is 35.1 Å². The number of rotatable bonds is 4. The summed E-state index contributed by atoms with van der Waals surface area (Å²) >= 11 is 18.1. The molecule has 19 heteroatoms. The number of hydrogen-bond acceptors (Lipinski definition) is 4. The van der Waals surface area contributed by atoms with Crippen molar-refractivity contribution in [1.29, 1.82) is 0 Å². The van der Waals surface area contributed by atoms with Crippen molar-refractivity contribution in [2.75, 3.05) is 0 Å². The molecule has 276 valence electrons. The summed E-state index contributed by atoms with van der Waals surface area (Å²) in [6.45, 7) is 1.86. The number of aromatic nitrogens is 4. The molecule has 0 fully saturated rings. The zero-order valence-corrected chi connectivity index (χ0v) is 28.5. The highest BCUT2D eigenvalue weighted by molar-refractivity contribution is 6.33. The number of aromatic hydroxyl groups is 1. The Hall–Kier alpha value is -4.41. The lowest BCUT2D eigenvalue weighted by Crippen LogP contribution is -2.27. The van der Waals surface area contributed by atoms with Crippen LogP contribution >= 0.6 is 34.8 Å². The van der Waals surface area contributed by atoms with Crippen molar-refractivity contribution in [3.63, 3.8) is 0 Å². The molecular weight excluding hydrogens is 775 g/mol. The minimum absolute atomic E-state index is 0.0404. The zero-order chi connectivity index (χ0) is 37.8. The van der Waals surface area contributed by atoms with E-state index in [4.69, 9.17) is 39.5 Å². The van der Waals surface area contributed by atoms with Crippen LogP contribution in [0.2, 0.25) is 15.3 Å². The largest absolute Gasteiger partial charge is 0.505 e. The van der Waals surface area contributed by atoms with Crippen molar-refractivity contribution in [3.05, 3.63) is 107 Å². The molecule has 0 spiro atoms. The number of ether oxygens (including phenoxy) is 1. The smallest absolute Gasteiger partial charge is 0.416 e. The monoisotopic (exact) mass is 796 g/mol. The summed E-state index contributed by atoms with van der Waals surface area (Å²) in [6, 6.07) is 3.16. The van der Waals surface area contributed by atoms with Gasteiger partial charge in [0.2, 0.25) is 0 Å². The van der Waals surface area contributed by atoms with Gasteiger partial charge in [-0.2, -0.15) is 13.2 Å². The fourth-order valence-electron chi connectivity index (χ4n) is 5.96. The molecule has 0 radical (unpaired) electrons. The van der Waals surface area contributed by atoms with E-state index in [0.29, 0.717) is 50.8 Å². The first kappa shape index (κ1) is 37.4. The molecule has 0 bridgehead atoms. The molecule has 0 unspecified atom stereocenters. The molecule has 3 aromatic carbocycles. The summed E-state index contributed by atoms with van der Waals surface area (Å²) < 4.78 is 120. The van der Waals surface area contributed by atoms with E-state index >= 15 is 0 Å². The van der Waals surface area contributed by atoms with Gasteiger partial charge in [-0.1, -0.05) is 34.8 Å². The Kier molecular flexibility index (Phi) is 10.2. The Labute approximate surface area is 302 Å². The first-order chi connectivity index (χ1) is 24.5. The Bertz CT molecular complexity index is 2330. The molecule has 1 N–H and O–H groups in total. The molecule has 0 amide bonds. The average molecular weight is 798 g/mol. The van der Waals surface area contributed by atoms with Crippen molar-refractivity contribution in [3.8, 4) is 39.5 Å². The van der Waals surface area contributed by atoms with Crippen LogP contribution in [0.5, 0.6) is 17.2 Å². The van der Waals surface area contributed by atoms with E-state index in [-0.39, 0.29) is 33.1 Å². The third-order valence-corrected chi connectivity index (χ3v) is 9.51. The maximum Gasteiger partial charge on any atom is 0.416 e. The van der Waals surface area contributed by atoms with Gasteiger partial charge >= 0.3 is 6.18 Å². The van der Waals surface area contributed by atoms with Crippen LogP contribution in [0.3, 0.4) is 0 Å². The number of halogens is 11. The molecule has 0 atom stereocenters. The van der Waals surface area contributed by atoms with Gasteiger partial charge in [0.25, 0.3) is 11.1 Å². The summed E-state index contributed by atoms with van der Waals surface area (Å²) in [5.41, 5.74) is -3.28. The van der Waals surface area contributed by atoms with Gasteiger partial charge < -0.3 is 9.84 Å². The fraction of sp³-hybridized carbons (Fsp3) is 0.273. The van der Waals surface area contributed by atoms with E-state index in [1.807, 2.05) is 0 Å². The normalized spacial score (nSPS) is 14.1. The average Bonchev–Trinajstić information content (AvgIpc) is 3.49. The molecule has 2 aromatic heterocycles. The molecule has 2 aliphatic heterocycles. The molecule has 0 saturated carbocycles. The highest BCUT2D eigenvalue weighted by Gasteiger charge is 2.33. The standard InChI is InChI=1S/C20H12Cl2F6N2O2.C13H11ClF2N2O2/c21-11-5-9(20(26,27)28)6-14(25)17(11)32-15-7-10(12(23)8-13(15)24)16-18(22)29-3-1-2-4-30(29)19(16)31;14-12-11(7-5-10(19)9(16)6-8(7)15)13(20)18-4-2-1-3-17(12)18/h5-8H,1-4H2;5-6,19H,1-4H2. The maximum absolute atomic E-state index is 14.6. The second kappa shape index (κ2) is 14.2. The first-order valence-corrected chi connectivity index (χ1v) is 16.5. The minimum Gasteiger partial charge on any atom is -0.505 e. The number of alkyl halides is 3. The molecule has 4 heterocycles. The Morgan fingerprint density at radius 2 is 1.06 bits per heavy atom. The lowest BCUT2D eigenvalue weighted by atomic mass is 10.1. The molecule has 2 aliphatic rings. The van der Waals surface area contributed by atoms with Gasteiger partial charge in [-0.15, -0.1) is 0 Å². The summed E-state index contributed by atoms with van der Waals surface area (Å²) in [4.78, 5) is 25.0. The second-order valence-corrected chi connectivity index (χ2v) is 12.9. The summed E-state index contributed by atoms with van der Waals surface area (Å²) in [7, 11) is 0. The summed E-state index contributed by atoms with van der Waals surface area (Å²) in [5, 5.41) is 8.64. The van der Waals surface area contributed by atoms with E-state index < -0.39 is 79.8 Å². The molecule has 52 heavy (non-hydrogen) atoms. The van der Waals surface area contributed by atoms with Gasteiger partial charge in [-0.25, -0.2) is 31.3 Å².